The van der Waals surface area contributed by atoms with Crippen LogP contribution in [0.1, 0.15) is 10.4 Å². The second kappa shape index (κ2) is 3.62. The van der Waals surface area contributed by atoms with Crippen LogP contribution in [0.25, 0.3) is 9.88 Å². The summed E-state index contributed by atoms with van der Waals surface area (Å²) in [6, 6.07) is 2.18. The van der Waals surface area contributed by atoms with Crippen LogP contribution in [0.2, 0.25) is 0 Å². The number of aromatic nitrogens is 2. The van der Waals surface area contributed by atoms with Crippen molar-refractivity contribution in [1.29, 1.82) is 0 Å². The van der Waals surface area contributed by atoms with Gasteiger partial charge in [0.15, 0.2) is 8.02 Å². The highest BCUT2D eigenvalue weighted by Crippen LogP contribution is 2.32. The second-order valence-corrected chi connectivity index (χ2v) is 6.70. The van der Waals surface area contributed by atoms with Crippen LogP contribution in [0, 0.1) is 16.9 Å². The molecule has 2 heterocycles. The van der Waals surface area contributed by atoms with E-state index in [4.69, 9.17) is 0 Å². The number of hydrogen-bond acceptors (Lipinski definition) is 4. The molecule has 2 nitrogen and oxygen atoms in total. The van der Waals surface area contributed by atoms with Crippen LogP contribution in [-0.2, 0) is 0 Å². The van der Waals surface area contributed by atoms with Gasteiger partial charge in [-0.25, -0.2) is 0 Å². The van der Waals surface area contributed by atoms with E-state index < -0.39 is 0 Å². The predicted octanol–water partition coefficient (Wildman–Crippen LogP) is 3.49. The number of thiophene rings is 1. The number of rotatable bonds is 1. The molecule has 0 amide bonds. The highest BCUT2D eigenvalue weighted by atomic mass is 127. The van der Waals surface area contributed by atoms with Crippen molar-refractivity contribution in [3.63, 3.8) is 0 Å². The van der Waals surface area contributed by atoms with E-state index in [1.165, 1.54) is 15.3 Å². The Morgan fingerprint density at radius 2 is 2.00 bits per heavy atom. The van der Waals surface area contributed by atoms with Crippen LogP contribution in [0.5, 0.6) is 0 Å². The molecular formula is C8H7IN2S2. The minimum atomic E-state index is 0.997. The summed E-state index contributed by atoms with van der Waals surface area (Å²) in [5.41, 5.74) is 1.34. The van der Waals surface area contributed by atoms with Crippen LogP contribution in [-0.4, -0.2) is 10.2 Å². The second-order valence-electron chi connectivity index (χ2n) is 2.71. The van der Waals surface area contributed by atoms with E-state index in [0.29, 0.717) is 0 Å². The fourth-order valence-corrected chi connectivity index (χ4v) is 3.36. The zero-order valence-electron chi connectivity index (χ0n) is 7.17. The summed E-state index contributed by atoms with van der Waals surface area (Å²) in [5, 5.41) is 9.14. The monoisotopic (exact) mass is 322 g/mol. The summed E-state index contributed by atoms with van der Waals surface area (Å²) in [4.78, 5) is 2.59. The summed E-state index contributed by atoms with van der Waals surface area (Å²) >= 11 is 5.62. The van der Waals surface area contributed by atoms with Crippen molar-refractivity contribution in [3.05, 3.63) is 19.5 Å². The Kier molecular flexibility index (Phi) is 2.66. The number of hydrogen-bond donors (Lipinski definition) is 0. The normalized spacial score (nSPS) is 10.7. The Labute approximate surface area is 98.2 Å². The van der Waals surface area contributed by atoms with Gasteiger partial charge in [-0.3, -0.25) is 0 Å². The van der Waals surface area contributed by atoms with E-state index in [9.17, 15) is 0 Å². The van der Waals surface area contributed by atoms with E-state index in [2.05, 4.69) is 52.7 Å². The molecular weight excluding hydrogens is 315 g/mol. The molecule has 0 saturated carbocycles. The summed E-state index contributed by atoms with van der Waals surface area (Å²) in [7, 11) is 0. The first-order chi connectivity index (χ1) is 6.16. The van der Waals surface area contributed by atoms with Gasteiger partial charge in [-0.1, -0.05) is 11.3 Å². The minimum absolute atomic E-state index is 0.997. The third-order valence-electron chi connectivity index (χ3n) is 1.78. The van der Waals surface area contributed by atoms with Gasteiger partial charge in [0.25, 0.3) is 0 Å². The topological polar surface area (TPSA) is 25.8 Å². The molecule has 0 fully saturated rings. The molecule has 0 aliphatic carbocycles. The molecule has 0 aliphatic rings. The average Bonchev–Trinajstić information content (AvgIpc) is 2.61. The molecule has 0 aliphatic heterocycles. The first-order valence-corrected chi connectivity index (χ1v) is 6.44. The molecule has 2 aromatic heterocycles. The minimum Gasteiger partial charge on any atom is -0.138 e. The van der Waals surface area contributed by atoms with Gasteiger partial charge >= 0.3 is 0 Å². The summed E-state index contributed by atoms with van der Waals surface area (Å²) in [6.07, 6.45) is 0. The van der Waals surface area contributed by atoms with E-state index in [1.54, 1.807) is 22.7 Å². The molecule has 0 spiro atoms. The van der Waals surface area contributed by atoms with Crippen LogP contribution >= 0.6 is 45.3 Å². The lowest BCUT2D eigenvalue weighted by Gasteiger charge is -1.83. The van der Waals surface area contributed by atoms with Crippen molar-refractivity contribution in [2.24, 2.45) is 0 Å². The van der Waals surface area contributed by atoms with Gasteiger partial charge in [-0.05, 0) is 48.1 Å². The third-order valence-corrected chi connectivity index (χ3v) is 4.69. The quantitative estimate of drug-likeness (QED) is 0.751. The Morgan fingerprint density at radius 1 is 1.23 bits per heavy atom. The summed E-state index contributed by atoms with van der Waals surface area (Å²) in [6.45, 7) is 4.26. The zero-order chi connectivity index (χ0) is 9.42. The lowest BCUT2D eigenvalue weighted by Crippen LogP contribution is -1.70. The van der Waals surface area contributed by atoms with E-state index in [1.807, 2.05) is 0 Å². The van der Waals surface area contributed by atoms with Crippen molar-refractivity contribution in [1.82, 2.24) is 10.2 Å². The van der Waals surface area contributed by atoms with Gasteiger partial charge in [-0.2, -0.15) is 0 Å². The van der Waals surface area contributed by atoms with Gasteiger partial charge in [0.05, 0.1) is 4.88 Å². The Morgan fingerprint density at radius 3 is 2.46 bits per heavy atom. The Bertz CT molecular complexity index is 414. The van der Waals surface area contributed by atoms with Gasteiger partial charge in [0.1, 0.15) is 0 Å². The maximum atomic E-state index is 4.11. The molecule has 13 heavy (non-hydrogen) atoms. The lowest BCUT2D eigenvalue weighted by atomic mass is 10.3. The molecule has 5 heteroatoms. The van der Waals surface area contributed by atoms with Crippen LogP contribution in [0.3, 0.4) is 0 Å². The highest BCUT2D eigenvalue weighted by Gasteiger charge is 2.08. The SMILES string of the molecule is Cc1cc(-c2nnc(I)s2)sc1C. The molecule has 68 valence electrons. The molecule has 0 saturated heterocycles. The van der Waals surface area contributed by atoms with Gasteiger partial charge in [-0.15, -0.1) is 21.5 Å². The fraction of sp³-hybridized carbons (Fsp3) is 0.250. The molecule has 0 unspecified atom stereocenters. The number of aryl methyl sites for hydroxylation is 2. The van der Waals surface area contributed by atoms with Gasteiger partial charge < -0.3 is 0 Å². The maximum Gasteiger partial charge on any atom is 0.178 e. The van der Waals surface area contributed by atoms with Gasteiger partial charge in [0, 0.05) is 4.88 Å². The van der Waals surface area contributed by atoms with E-state index >= 15 is 0 Å². The fourth-order valence-electron chi connectivity index (χ4n) is 0.983. The molecule has 0 N–H and O–H groups in total. The van der Waals surface area contributed by atoms with Crippen molar-refractivity contribution in [2.45, 2.75) is 13.8 Å². The molecule has 0 atom stereocenters. The Balaban J connectivity index is 2.46. The van der Waals surface area contributed by atoms with E-state index in [-0.39, 0.29) is 0 Å². The molecule has 2 aromatic rings. The molecule has 0 bridgehead atoms. The zero-order valence-corrected chi connectivity index (χ0v) is 11.0. The standard InChI is InChI=1S/C8H7IN2S2/c1-4-3-6(12-5(4)2)7-10-11-8(9)13-7/h3H,1-2H3. The van der Waals surface area contributed by atoms with Crippen molar-refractivity contribution >= 4 is 45.3 Å². The average molecular weight is 322 g/mol. The first kappa shape index (κ1) is 9.54. The maximum absolute atomic E-state index is 4.11. The number of halogens is 1. The van der Waals surface area contributed by atoms with E-state index in [0.717, 1.165) is 8.02 Å². The molecule has 2 rings (SSSR count). The largest absolute Gasteiger partial charge is 0.178 e. The predicted molar refractivity (Wildman–Crippen MR) is 65.4 cm³/mol. The van der Waals surface area contributed by atoms with Crippen molar-refractivity contribution in [2.75, 3.05) is 0 Å². The van der Waals surface area contributed by atoms with Crippen molar-refractivity contribution < 1.29 is 0 Å². The van der Waals surface area contributed by atoms with Gasteiger partial charge in [0.2, 0.25) is 0 Å². The first-order valence-electron chi connectivity index (χ1n) is 3.73. The highest BCUT2D eigenvalue weighted by molar-refractivity contribution is 14.1. The smallest absolute Gasteiger partial charge is 0.138 e. The van der Waals surface area contributed by atoms with Crippen molar-refractivity contribution in [3.8, 4) is 9.88 Å². The summed E-state index contributed by atoms with van der Waals surface area (Å²) < 4.78 is 0.997. The third kappa shape index (κ3) is 1.92. The summed E-state index contributed by atoms with van der Waals surface area (Å²) in [5.74, 6) is 0. The molecule has 0 aromatic carbocycles. The van der Waals surface area contributed by atoms with Crippen LogP contribution < -0.4 is 0 Å². The van der Waals surface area contributed by atoms with Crippen LogP contribution in [0.4, 0.5) is 0 Å². The van der Waals surface area contributed by atoms with Crippen LogP contribution in [0.15, 0.2) is 6.07 Å². The molecule has 0 radical (unpaired) electrons. The number of nitrogens with zero attached hydrogens (tertiary/aromatic N) is 2. The lowest BCUT2D eigenvalue weighted by molar-refractivity contribution is 1.08. The Hall–Kier alpha value is -0.01000.